The predicted octanol–water partition coefficient (Wildman–Crippen LogP) is 3.29. The molecule has 0 fully saturated rings. The quantitative estimate of drug-likeness (QED) is 0.783. The van der Waals surface area contributed by atoms with Crippen LogP contribution in [0.3, 0.4) is 0 Å². The fourth-order valence-corrected chi connectivity index (χ4v) is 4.16. The van der Waals surface area contributed by atoms with E-state index in [-0.39, 0.29) is 11.6 Å². The van der Waals surface area contributed by atoms with Crippen molar-refractivity contribution in [1.29, 1.82) is 0 Å². The van der Waals surface area contributed by atoms with E-state index in [1.54, 1.807) is 11.3 Å². The zero-order chi connectivity index (χ0) is 16.0. The molecule has 0 atom stereocenters. The molecule has 3 heterocycles. The summed E-state index contributed by atoms with van der Waals surface area (Å²) in [6.07, 6.45) is 0.878. The molecule has 1 aliphatic heterocycles. The van der Waals surface area contributed by atoms with Crippen molar-refractivity contribution in [2.75, 3.05) is 18.9 Å². The number of rotatable bonds is 2. The van der Waals surface area contributed by atoms with Crippen LogP contribution in [0.5, 0.6) is 0 Å². The van der Waals surface area contributed by atoms with Gasteiger partial charge in [0.15, 0.2) is 0 Å². The summed E-state index contributed by atoms with van der Waals surface area (Å²) in [6.45, 7) is 3.86. The first-order chi connectivity index (χ1) is 11.1. The Bertz CT molecular complexity index is 927. The molecule has 0 saturated carbocycles. The molecule has 0 amide bonds. The summed E-state index contributed by atoms with van der Waals surface area (Å²) in [5.41, 5.74) is 2.85. The largest absolute Gasteiger partial charge is 0.388 e. The number of aryl methyl sites for hydroxylation is 1. The summed E-state index contributed by atoms with van der Waals surface area (Å²) in [7, 11) is 2.09. The van der Waals surface area contributed by atoms with Gasteiger partial charge < -0.3 is 14.6 Å². The standard InChI is InChI=1S/C17H17N3O2S/c1-10-3-5-11(6-4-10)18-17-19-15-14(16(21)22-17)12-7-8-20(2)9-13(12)23-15/h3-6H,7-9H2,1-2H3,(H,18,19). The van der Waals surface area contributed by atoms with Crippen LogP contribution in [0.1, 0.15) is 16.0 Å². The van der Waals surface area contributed by atoms with Gasteiger partial charge in [0.25, 0.3) is 0 Å². The van der Waals surface area contributed by atoms with E-state index in [9.17, 15) is 4.79 Å². The third-order valence-corrected chi connectivity index (χ3v) is 5.24. The molecule has 1 aromatic carbocycles. The summed E-state index contributed by atoms with van der Waals surface area (Å²) in [4.78, 5) is 21.1. The van der Waals surface area contributed by atoms with Gasteiger partial charge in [-0.2, -0.15) is 4.98 Å². The lowest BCUT2D eigenvalue weighted by atomic mass is 10.1. The van der Waals surface area contributed by atoms with Crippen molar-refractivity contribution >= 4 is 33.3 Å². The van der Waals surface area contributed by atoms with Gasteiger partial charge in [0.05, 0.1) is 0 Å². The molecule has 118 valence electrons. The number of anilines is 2. The molecule has 2 aromatic heterocycles. The molecule has 0 aliphatic carbocycles. The predicted molar refractivity (Wildman–Crippen MR) is 92.7 cm³/mol. The highest BCUT2D eigenvalue weighted by atomic mass is 32.1. The Morgan fingerprint density at radius 1 is 1.30 bits per heavy atom. The monoisotopic (exact) mass is 327 g/mol. The number of aromatic nitrogens is 1. The average molecular weight is 327 g/mol. The number of nitrogens with one attached hydrogen (secondary N) is 1. The molecule has 0 bridgehead atoms. The molecular formula is C17H17N3O2S. The van der Waals surface area contributed by atoms with Crippen molar-refractivity contribution in [1.82, 2.24) is 9.88 Å². The number of thiophene rings is 1. The molecular weight excluding hydrogens is 310 g/mol. The molecule has 5 nitrogen and oxygen atoms in total. The lowest BCUT2D eigenvalue weighted by Crippen LogP contribution is -2.25. The van der Waals surface area contributed by atoms with Crippen molar-refractivity contribution in [3.8, 4) is 0 Å². The van der Waals surface area contributed by atoms with Gasteiger partial charge in [0.1, 0.15) is 10.2 Å². The summed E-state index contributed by atoms with van der Waals surface area (Å²) in [6, 6.07) is 8.13. The molecule has 3 aromatic rings. The topological polar surface area (TPSA) is 58.4 Å². The highest BCUT2D eigenvalue weighted by Crippen LogP contribution is 2.32. The molecule has 0 radical (unpaired) electrons. The fraction of sp³-hybridized carbons (Fsp3) is 0.294. The van der Waals surface area contributed by atoms with E-state index < -0.39 is 0 Å². The van der Waals surface area contributed by atoms with E-state index >= 15 is 0 Å². The maximum Gasteiger partial charge on any atom is 0.349 e. The highest BCUT2D eigenvalue weighted by molar-refractivity contribution is 7.18. The van der Waals surface area contributed by atoms with Gasteiger partial charge in [0.2, 0.25) is 0 Å². The van der Waals surface area contributed by atoms with Crippen LogP contribution in [0.4, 0.5) is 11.7 Å². The third kappa shape index (κ3) is 2.64. The lowest BCUT2D eigenvalue weighted by Gasteiger charge is -2.21. The molecule has 0 saturated heterocycles. The van der Waals surface area contributed by atoms with Gasteiger partial charge in [-0.3, -0.25) is 0 Å². The number of hydrogen-bond acceptors (Lipinski definition) is 6. The van der Waals surface area contributed by atoms with Crippen molar-refractivity contribution in [2.24, 2.45) is 0 Å². The van der Waals surface area contributed by atoms with E-state index in [0.717, 1.165) is 35.6 Å². The second-order valence-corrected chi connectivity index (χ2v) is 7.05. The van der Waals surface area contributed by atoms with Gasteiger partial charge in [-0.05, 0) is 38.1 Å². The molecule has 0 unspecified atom stereocenters. The molecule has 6 heteroatoms. The molecule has 1 N–H and O–H groups in total. The first kappa shape index (κ1) is 14.4. The second-order valence-electron chi connectivity index (χ2n) is 5.97. The van der Waals surface area contributed by atoms with Crippen LogP contribution < -0.4 is 10.9 Å². The average Bonchev–Trinajstić information content (AvgIpc) is 2.87. The number of fused-ring (bicyclic) bond motifs is 3. The van der Waals surface area contributed by atoms with Crippen molar-refractivity contribution in [3.63, 3.8) is 0 Å². The van der Waals surface area contributed by atoms with Gasteiger partial charge in [-0.25, -0.2) is 4.79 Å². The Morgan fingerprint density at radius 2 is 2.09 bits per heavy atom. The Morgan fingerprint density at radius 3 is 2.87 bits per heavy atom. The number of nitrogens with zero attached hydrogens (tertiary/aromatic N) is 2. The van der Waals surface area contributed by atoms with E-state index in [2.05, 4.69) is 22.2 Å². The summed E-state index contributed by atoms with van der Waals surface area (Å²) in [5.74, 6) is 0. The molecule has 23 heavy (non-hydrogen) atoms. The van der Waals surface area contributed by atoms with Gasteiger partial charge >= 0.3 is 11.6 Å². The maximum absolute atomic E-state index is 12.4. The first-order valence-corrected chi connectivity index (χ1v) is 8.39. The maximum atomic E-state index is 12.4. The summed E-state index contributed by atoms with van der Waals surface area (Å²) < 4.78 is 5.39. The minimum Gasteiger partial charge on any atom is -0.388 e. The Balaban J connectivity index is 1.75. The second kappa shape index (κ2) is 5.47. The lowest BCUT2D eigenvalue weighted by molar-refractivity contribution is 0.317. The van der Waals surface area contributed by atoms with Crippen LogP contribution in [0.2, 0.25) is 0 Å². The smallest absolute Gasteiger partial charge is 0.349 e. The fourth-order valence-electron chi connectivity index (χ4n) is 2.87. The van der Waals surface area contributed by atoms with E-state index in [0.29, 0.717) is 5.39 Å². The minimum atomic E-state index is -0.299. The van der Waals surface area contributed by atoms with Gasteiger partial charge in [-0.1, -0.05) is 17.7 Å². The van der Waals surface area contributed by atoms with E-state index in [1.807, 2.05) is 31.2 Å². The van der Waals surface area contributed by atoms with Crippen LogP contribution in [0.25, 0.3) is 10.2 Å². The molecule has 4 rings (SSSR count). The summed E-state index contributed by atoms with van der Waals surface area (Å²) >= 11 is 1.59. The molecule has 0 spiro atoms. The first-order valence-electron chi connectivity index (χ1n) is 7.58. The van der Waals surface area contributed by atoms with Crippen LogP contribution in [0, 0.1) is 6.92 Å². The number of benzene rings is 1. The number of likely N-dealkylation sites (N-methyl/N-ethyl adjacent to an activating group) is 1. The minimum absolute atomic E-state index is 0.248. The Labute approximate surface area is 137 Å². The normalized spacial score (nSPS) is 14.9. The highest BCUT2D eigenvalue weighted by Gasteiger charge is 2.22. The van der Waals surface area contributed by atoms with Crippen molar-refractivity contribution in [3.05, 3.63) is 50.7 Å². The zero-order valence-corrected chi connectivity index (χ0v) is 13.9. The Kier molecular flexibility index (Phi) is 3.43. The van der Waals surface area contributed by atoms with Gasteiger partial charge in [-0.15, -0.1) is 11.3 Å². The van der Waals surface area contributed by atoms with Crippen LogP contribution in [-0.2, 0) is 13.0 Å². The van der Waals surface area contributed by atoms with Crippen LogP contribution in [-0.4, -0.2) is 23.5 Å². The van der Waals surface area contributed by atoms with Crippen LogP contribution in [0.15, 0.2) is 33.5 Å². The van der Waals surface area contributed by atoms with Crippen LogP contribution >= 0.6 is 11.3 Å². The number of hydrogen-bond donors (Lipinski definition) is 1. The van der Waals surface area contributed by atoms with E-state index in [4.69, 9.17) is 4.42 Å². The third-order valence-electron chi connectivity index (χ3n) is 4.13. The molecule has 1 aliphatic rings. The SMILES string of the molecule is Cc1ccc(Nc2nc3sc4c(c3c(=O)o2)CCN(C)C4)cc1. The Hall–Kier alpha value is -2.18. The zero-order valence-electron chi connectivity index (χ0n) is 13.0. The summed E-state index contributed by atoms with van der Waals surface area (Å²) in [5, 5.41) is 3.73. The van der Waals surface area contributed by atoms with Crippen molar-refractivity contribution < 1.29 is 4.42 Å². The van der Waals surface area contributed by atoms with Crippen molar-refractivity contribution in [2.45, 2.75) is 19.9 Å². The van der Waals surface area contributed by atoms with Gasteiger partial charge in [0, 0.05) is 23.7 Å². The van der Waals surface area contributed by atoms with E-state index in [1.165, 1.54) is 10.4 Å².